The van der Waals surface area contributed by atoms with Crippen LogP contribution in [-0.4, -0.2) is 4.98 Å². The van der Waals surface area contributed by atoms with Crippen LogP contribution in [0.15, 0.2) is 48.5 Å². The Bertz CT molecular complexity index is 1000. The Hall–Kier alpha value is -3.32. The summed E-state index contributed by atoms with van der Waals surface area (Å²) in [4.78, 5) is 4.73. The topological polar surface area (TPSA) is 60.7 Å². The van der Waals surface area contributed by atoms with Gasteiger partial charge in [0.25, 0.3) is 0 Å². The lowest BCUT2D eigenvalue weighted by molar-refractivity contribution is 1.18. The second-order valence-corrected chi connectivity index (χ2v) is 6.43. The third-order valence-electron chi connectivity index (χ3n) is 4.66. The molecule has 0 aliphatic heterocycles. The fourth-order valence-electron chi connectivity index (χ4n) is 2.82. The Morgan fingerprint density at radius 3 is 1.73 bits per heavy atom. The zero-order valence-electron chi connectivity index (χ0n) is 15.5. The number of pyridine rings is 1. The molecule has 0 fully saturated rings. The zero-order chi connectivity index (χ0) is 18.7. The van der Waals surface area contributed by atoms with Gasteiger partial charge in [0.15, 0.2) is 5.82 Å². The maximum Gasteiger partial charge on any atom is 0.151 e. The lowest BCUT2D eigenvalue weighted by atomic mass is 10.0. The number of para-hydroxylation sites is 2. The third kappa shape index (κ3) is 3.38. The molecular formula is C22H22N4. The van der Waals surface area contributed by atoms with Crippen LogP contribution < -0.4 is 10.6 Å². The second kappa shape index (κ2) is 7.28. The van der Waals surface area contributed by atoms with E-state index in [4.69, 9.17) is 4.98 Å². The summed E-state index contributed by atoms with van der Waals surface area (Å²) in [5.41, 5.74) is 6.67. The van der Waals surface area contributed by atoms with Gasteiger partial charge in [0, 0.05) is 11.4 Å². The van der Waals surface area contributed by atoms with Gasteiger partial charge in [-0.05, 0) is 62.1 Å². The van der Waals surface area contributed by atoms with E-state index in [9.17, 15) is 5.26 Å². The van der Waals surface area contributed by atoms with Crippen LogP contribution in [0, 0.1) is 39.0 Å². The Balaban J connectivity index is 2.07. The van der Waals surface area contributed by atoms with Crippen LogP contribution in [0.3, 0.4) is 0 Å². The first kappa shape index (κ1) is 17.5. The van der Waals surface area contributed by atoms with Gasteiger partial charge in [-0.25, -0.2) is 4.98 Å². The molecule has 0 amide bonds. The Morgan fingerprint density at radius 2 is 1.23 bits per heavy atom. The first-order valence-corrected chi connectivity index (χ1v) is 8.58. The predicted octanol–water partition coefficient (Wildman–Crippen LogP) is 5.67. The Kier molecular flexibility index (Phi) is 4.90. The summed E-state index contributed by atoms with van der Waals surface area (Å²) in [7, 11) is 0. The van der Waals surface area contributed by atoms with Crippen molar-refractivity contribution in [2.24, 2.45) is 0 Å². The number of nitrogens with zero attached hydrogens (tertiary/aromatic N) is 2. The molecule has 1 aromatic heterocycles. The SMILES string of the molecule is Cc1ccccc1Nc1nc(Nc2ccccc2C)c(C#N)c(C)c1C. The van der Waals surface area contributed by atoms with Crippen molar-refractivity contribution in [3.8, 4) is 6.07 Å². The number of benzene rings is 2. The fraction of sp³-hybridized carbons (Fsp3) is 0.182. The van der Waals surface area contributed by atoms with E-state index in [0.717, 1.165) is 39.4 Å². The van der Waals surface area contributed by atoms with Crippen LogP contribution >= 0.6 is 0 Å². The number of rotatable bonds is 4. The molecule has 0 unspecified atom stereocenters. The number of aromatic nitrogens is 1. The smallest absolute Gasteiger partial charge is 0.151 e. The summed E-state index contributed by atoms with van der Waals surface area (Å²) in [6.45, 7) is 8.03. The molecule has 130 valence electrons. The molecular weight excluding hydrogens is 320 g/mol. The maximum atomic E-state index is 9.65. The molecule has 0 atom stereocenters. The fourth-order valence-corrected chi connectivity index (χ4v) is 2.82. The monoisotopic (exact) mass is 342 g/mol. The highest BCUT2D eigenvalue weighted by Crippen LogP contribution is 2.31. The number of aryl methyl sites for hydroxylation is 2. The summed E-state index contributed by atoms with van der Waals surface area (Å²) in [5, 5.41) is 16.4. The van der Waals surface area contributed by atoms with Gasteiger partial charge in [0.1, 0.15) is 11.9 Å². The van der Waals surface area contributed by atoms with Crippen LogP contribution in [0.1, 0.15) is 27.8 Å². The first-order valence-electron chi connectivity index (χ1n) is 8.58. The minimum absolute atomic E-state index is 0.570. The third-order valence-corrected chi connectivity index (χ3v) is 4.66. The van der Waals surface area contributed by atoms with Gasteiger partial charge in [-0.2, -0.15) is 5.26 Å². The van der Waals surface area contributed by atoms with Gasteiger partial charge < -0.3 is 10.6 Å². The lowest BCUT2D eigenvalue weighted by Crippen LogP contribution is -2.07. The molecule has 26 heavy (non-hydrogen) atoms. The van der Waals surface area contributed by atoms with Gasteiger partial charge in [-0.3, -0.25) is 0 Å². The summed E-state index contributed by atoms with van der Waals surface area (Å²) in [6, 6.07) is 18.4. The molecule has 3 rings (SSSR count). The molecule has 2 aromatic carbocycles. The Morgan fingerprint density at radius 1 is 0.731 bits per heavy atom. The Labute approximate surface area is 154 Å². The molecule has 0 spiro atoms. The number of hydrogen-bond donors (Lipinski definition) is 2. The van der Waals surface area contributed by atoms with E-state index in [0.29, 0.717) is 11.4 Å². The molecule has 0 saturated heterocycles. The van der Waals surface area contributed by atoms with Crippen molar-refractivity contribution >= 4 is 23.0 Å². The van der Waals surface area contributed by atoms with Crippen molar-refractivity contribution in [3.05, 3.63) is 76.3 Å². The standard InChI is InChI=1S/C22H22N4/c1-14-9-5-7-11-19(14)24-21-17(4)16(3)18(13-23)22(26-21)25-20-12-8-6-10-15(20)2/h5-12H,1-4H3,(H2,24,25,26). The average Bonchev–Trinajstić information content (AvgIpc) is 2.63. The van der Waals surface area contributed by atoms with E-state index >= 15 is 0 Å². The van der Waals surface area contributed by atoms with Gasteiger partial charge in [0.2, 0.25) is 0 Å². The number of hydrogen-bond acceptors (Lipinski definition) is 4. The molecule has 0 aliphatic carbocycles. The van der Waals surface area contributed by atoms with Gasteiger partial charge in [0.05, 0.1) is 5.56 Å². The number of nitrogens with one attached hydrogen (secondary N) is 2. The van der Waals surface area contributed by atoms with Crippen molar-refractivity contribution in [3.63, 3.8) is 0 Å². The molecule has 0 bridgehead atoms. The molecule has 2 N–H and O–H groups in total. The quantitative estimate of drug-likeness (QED) is 0.641. The highest BCUT2D eigenvalue weighted by Gasteiger charge is 2.15. The predicted molar refractivity (Wildman–Crippen MR) is 107 cm³/mol. The van der Waals surface area contributed by atoms with Crippen LogP contribution in [-0.2, 0) is 0 Å². The van der Waals surface area contributed by atoms with Gasteiger partial charge >= 0.3 is 0 Å². The van der Waals surface area contributed by atoms with Crippen LogP contribution in [0.5, 0.6) is 0 Å². The summed E-state index contributed by atoms with van der Waals surface area (Å²) >= 11 is 0. The van der Waals surface area contributed by atoms with Crippen molar-refractivity contribution < 1.29 is 0 Å². The molecule has 0 radical (unpaired) electrons. The van der Waals surface area contributed by atoms with Crippen LogP contribution in [0.2, 0.25) is 0 Å². The average molecular weight is 342 g/mol. The molecule has 0 aliphatic rings. The van der Waals surface area contributed by atoms with E-state index in [1.165, 1.54) is 0 Å². The summed E-state index contributed by atoms with van der Waals surface area (Å²) in [6.07, 6.45) is 0. The zero-order valence-corrected chi connectivity index (χ0v) is 15.5. The van der Waals surface area contributed by atoms with Crippen molar-refractivity contribution in [2.45, 2.75) is 27.7 Å². The number of anilines is 4. The van der Waals surface area contributed by atoms with Gasteiger partial charge in [-0.15, -0.1) is 0 Å². The normalized spacial score (nSPS) is 10.3. The largest absolute Gasteiger partial charge is 0.340 e. The summed E-state index contributed by atoms with van der Waals surface area (Å²) < 4.78 is 0. The first-order chi connectivity index (χ1) is 12.5. The molecule has 0 saturated carbocycles. The van der Waals surface area contributed by atoms with E-state index < -0.39 is 0 Å². The van der Waals surface area contributed by atoms with E-state index in [2.05, 4.69) is 29.7 Å². The van der Waals surface area contributed by atoms with Crippen LogP contribution in [0.25, 0.3) is 0 Å². The van der Waals surface area contributed by atoms with E-state index in [1.54, 1.807) is 0 Å². The van der Waals surface area contributed by atoms with E-state index in [-0.39, 0.29) is 0 Å². The maximum absolute atomic E-state index is 9.65. The van der Waals surface area contributed by atoms with Crippen molar-refractivity contribution in [2.75, 3.05) is 10.6 Å². The van der Waals surface area contributed by atoms with Crippen molar-refractivity contribution in [1.82, 2.24) is 4.98 Å². The van der Waals surface area contributed by atoms with E-state index in [1.807, 2.05) is 63.2 Å². The molecule has 3 aromatic rings. The lowest BCUT2D eigenvalue weighted by Gasteiger charge is -2.17. The number of nitriles is 1. The highest BCUT2D eigenvalue weighted by atomic mass is 15.1. The highest BCUT2D eigenvalue weighted by molar-refractivity contribution is 5.73. The van der Waals surface area contributed by atoms with Crippen molar-refractivity contribution in [1.29, 1.82) is 5.26 Å². The molecule has 1 heterocycles. The minimum Gasteiger partial charge on any atom is -0.340 e. The summed E-state index contributed by atoms with van der Waals surface area (Å²) in [5.74, 6) is 1.33. The van der Waals surface area contributed by atoms with Gasteiger partial charge in [-0.1, -0.05) is 36.4 Å². The minimum atomic E-state index is 0.570. The molecule has 4 nitrogen and oxygen atoms in total. The van der Waals surface area contributed by atoms with Crippen LogP contribution in [0.4, 0.5) is 23.0 Å². The molecule has 4 heteroatoms. The second-order valence-electron chi connectivity index (χ2n) is 6.43.